The number of halogens is 3. The highest BCUT2D eigenvalue weighted by Crippen LogP contribution is 2.45. The van der Waals surface area contributed by atoms with Crippen molar-refractivity contribution in [3.63, 3.8) is 0 Å². The molecule has 1 aliphatic carbocycles. The summed E-state index contributed by atoms with van der Waals surface area (Å²) in [5, 5.41) is 3.05. The molecule has 2 fully saturated rings. The van der Waals surface area contributed by atoms with Gasteiger partial charge in [0.1, 0.15) is 23.5 Å². The summed E-state index contributed by atoms with van der Waals surface area (Å²) in [6, 6.07) is 8.08. The van der Waals surface area contributed by atoms with Crippen molar-refractivity contribution < 1.29 is 22.8 Å². The van der Waals surface area contributed by atoms with Crippen LogP contribution in [0.4, 0.5) is 13.2 Å². The topological polar surface area (TPSA) is 65.2 Å². The number of nitrogens with one attached hydrogen (secondary N) is 2. The molecule has 2 aromatic carbocycles. The van der Waals surface area contributed by atoms with Crippen LogP contribution in [-0.4, -0.2) is 41.8 Å². The summed E-state index contributed by atoms with van der Waals surface area (Å²) in [7, 11) is 1.73. The van der Waals surface area contributed by atoms with Gasteiger partial charge in [-0.15, -0.1) is 0 Å². The number of fused-ring (bicyclic) bond motifs is 1. The molecule has 3 aromatic rings. The van der Waals surface area contributed by atoms with Crippen molar-refractivity contribution in [3.05, 3.63) is 59.4 Å². The van der Waals surface area contributed by atoms with Gasteiger partial charge in [0.2, 0.25) is 12.3 Å². The Morgan fingerprint density at radius 2 is 1.78 bits per heavy atom. The van der Waals surface area contributed by atoms with Gasteiger partial charge in [0.25, 0.3) is 0 Å². The molecule has 2 N–H and O–H groups in total. The third kappa shape index (κ3) is 4.22. The molecule has 168 valence electrons. The van der Waals surface area contributed by atoms with Crippen molar-refractivity contribution in [1.29, 1.82) is 0 Å². The van der Waals surface area contributed by atoms with Gasteiger partial charge in [0.15, 0.2) is 0 Å². The summed E-state index contributed by atoms with van der Waals surface area (Å²) >= 11 is 0. The predicted molar refractivity (Wildman–Crippen MR) is 115 cm³/mol. The lowest BCUT2D eigenvalue weighted by Crippen LogP contribution is -2.35. The Bertz CT molecular complexity index is 1140. The van der Waals surface area contributed by atoms with Crippen LogP contribution in [0, 0.1) is 17.5 Å². The normalized spacial score (nSPS) is 18.3. The highest BCUT2D eigenvalue weighted by atomic mass is 19.1. The predicted octanol–water partition coefficient (Wildman–Crippen LogP) is 4.48. The minimum atomic E-state index is -0.594. The number of likely N-dealkylation sites (N-methyl/N-ethyl adjacent to an activating group) is 1. The lowest BCUT2D eigenvalue weighted by Gasteiger charge is -2.26. The number of hydrogen-bond acceptors (Lipinski definition) is 2. The molecule has 1 unspecified atom stereocenters. The molecule has 32 heavy (non-hydrogen) atoms. The van der Waals surface area contributed by atoms with Crippen molar-refractivity contribution in [1.82, 2.24) is 15.2 Å². The fourth-order valence-corrected chi connectivity index (χ4v) is 4.26. The number of benzene rings is 2. The standard InChI is InChI=1S/C18H14F3N.C6H10N2O2/c19-12-6-4-11(5-7-12)17-16(10-2-1-3-10)14-8-13(20)9-15(21)18(14)22-17;1-8-3-2-5(6(8)10)7-4-9/h4-10,22H,1-3H2;4-5H,2-3H2,1H3,(H,7,9). The van der Waals surface area contributed by atoms with Crippen LogP contribution in [0.25, 0.3) is 22.2 Å². The summed E-state index contributed by atoms with van der Waals surface area (Å²) in [6.45, 7) is 0.740. The van der Waals surface area contributed by atoms with Crippen LogP contribution in [0.15, 0.2) is 36.4 Å². The first-order chi connectivity index (χ1) is 15.4. The second-order valence-corrected chi connectivity index (χ2v) is 8.24. The molecule has 8 heteroatoms. The van der Waals surface area contributed by atoms with E-state index in [1.165, 1.54) is 18.2 Å². The average Bonchev–Trinajstić information content (AvgIpc) is 3.24. The zero-order valence-corrected chi connectivity index (χ0v) is 17.6. The number of hydrogen-bond donors (Lipinski definition) is 2. The number of H-pyrrole nitrogens is 1. The van der Waals surface area contributed by atoms with E-state index in [-0.39, 0.29) is 17.8 Å². The van der Waals surface area contributed by atoms with Crippen LogP contribution in [0.2, 0.25) is 0 Å². The quantitative estimate of drug-likeness (QED) is 0.584. The Morgan fingerprint density at radius 3 is 2.34 bits per heavy atom. The van der Waals surface area contributed by atoms with Gasteiger partial charge >= 0.3 is 0 Å². The molecule has 2 amide bonds. The monoisotopic (exact) mass is 443 g/mol. The van der Waals surface area contributed by atoms with E-state index in [0.717, 1.165) is 55.1 Å². The Labute approximate surface area is 183 Å². The highest BCUT2D eigenvalue weighted by Gasteiger charge is 2.28. The summed E-state index contributed by atoms with van der Waals surface area (Å²) in [5.41, 5.74) is 2.83. The van der Waals surface area contributed by atoms with Gasteiger partial charge in [-0.1, -0.05) is 6.42 Å². The van der Waals surface area contributed by atoms with E-state index in [1.807, 2.05) is 0 Å². The number of rotatable bonds is 4. The van der Waals surface area contributed by atoms with Gasteiger partial charge in [0, 0.05) is 25.0 Å². The molecule has 2 aliphatic rings. The van der Waals surface area contributed by atoms with Crippen molar-refractivity contribution in [2.45, 2.75) is 37.6 Å². The molecule has 1 atom stereocenters. The zero-order chi connectivity index (χ0) is 22.8. The summed E-state index contributed by atoms with van der Waals surface area (Å²) in [4.78, 5) is 25.6. The molecule has 0 radical (unpaired) electrons. The van der Waals surface area contributed by atoms with E-state index >= 15 is 0 Å². The van der Waals surface area contributed by atoms with Crippen molar-refractivity contribution in [3.8, 4) is 11.3 Å². The van der Waals surface area contributed by atoms with Crippen molar-refractivity contribution in [2.24, 2.45) is 0 Å². The van der Waals surface area contributed by atoms with Crippen LogP contribution in [0.3, 0.4) is 0 Å². The Balaban J connectivity index is 0.000000207. The van der Waals surface area contributed by atoms with Gasteiger partial charge in [-0.05, 0) is 66.6 Å². The SMILES string of the molecule is CN1CCC(NC=O)C1=O.Fc1ccc(-c2[nH]c3c(F)cc(F)cc3c2C2CCC2)cc1. The first-order valence-corrected chi connectivity index (χ1v) is 10.6. The molecular weight excluding hydrogens is 419 g/mol. The summed E-state index contributed by atoms with van der Waals surface area (Å²) in [5.74, 6) is -1.18. The number of likely N-dealkylation sites (tertiary alicyclic amines) is 1. The molecule has 1 aliphatic heterocycles. The molecule has 5 rings (SSSR count). The lowest BCUT2D eigenvalue weighted by atomic mass is 9.78. The van der Waals surface area contributed by atoms with Crippen LogP contribution in [-0.2, 0) is 9.59 Å². The number of carbonyl (C=O) groups excluding carboxylic acids is 2. The van der Waals surface area contributed by atoms with Crippen LogP contribution < -0.4 is 5.32 Å². The maximum absolute atomic E-state index is 14.1. The molecule has 1 saturated heterocycles. The van der Waals surface area contributed by atoms with E-state index < -0.39 is 11.6 Å². The second-order valence-electron chi connectivity index (χ2n) is 8.24. The fraction of sp³-hybridized carbons (Fsp3) is 0.333. The summed E-state index contributed by atoms with van der Waals surface area (Å²) in [6.07, 6.45) is 4.45. The van der Waals surface area contributed by atoms with Gasteiger partial charge in [0.05, 0.1) is 11.2 Å². The van der Waals surface area contributed by atoms with E-state index in [4.69, 9.17) is 0 Å². The van der Waals surface area contributed by atoms with Gasteiger partial charge in [-0.25, -0.2) is 13.2 Å². The molecule has 1 aromatic heterocycles. The van der Waals surface area contributed by atoms with E-state index in [1.54, 1.807) is 24.1 Å². The van der Waals surface area contributed by atoms with Crippen molar-refractivity contribution >= 4 is 23.2 Å². The number of carbonyl (C=O) groups is 2. The molecule has 5 nitrogen and oxygen atoms in total. The second kappa shape index (κ2) is 9.06. The fourth-order valence-electron chi connectivity index (χ4n) is 4.26. The third-order valence-corrected chi connectivity index (χ3v) is 6.21. The smallest absolute Gasteiger partial charge is 0.244 e. The zero-order valence-electron chi connectivity index (χ0n) is 17.6. The van der Waals surface area contributed by atoms with E-state index in [9.17, 15) is 22.8 Å². The average molecular weight is 443 g/mol. The maximum atomic E-state index is 14.1. The Kier molecular flexibility index (Phi) is 6.21. The largest absolute Gasteiger partial charge is 0.352 e. The molecule has 1 saturated carbocycles. The minimum Gasteiger partial charge on any atom is -0.352 e. The molecule has 0 spiro atoms. The molecule has 0 bridgehead atoms. The van der Waals surface area contributed by atoms with Crippen LogP contribution >= 0.6 is 0 Å². The third-order valence-electron chi connectivity index (χ3n) is 6.21. The number of amides is 2. The lowest BCUT2D eigenvalue weighted by molar-refractivity contribution is -0.129. The molecular formula is C24H24F3N3O2. The van der Waals surface area contributed by atoms with Crippen LogP contribution in [0.5, 0.6) is 0 Å². The first kappa shape index (κ1) is 21.9. The number of aromatic nitrogens is 1. The van der Waals surface area contributed by atoms with E-state index in [0.29, 0.717) is 23.2 Å². The van der Waals surface area contributed by atoms with Gasteiger partial charge in [-0.2, -0.15) is 0 Å². The first-order valence-electron chi connectivity index (χ1n) is 10.6. The van der Waals surface area contributed by atoms with Crippen molar-refractivity contribution in [2.75, 3.05) is 13.6 Å². The Morgan fingerprint density at radius 1 is 1.06 bits per heavy atom. The summed E-state index contributed by atoms with van der Waals surface area (Å²) < 4.78 is 40.8. The number of aromatic amines is 1. The van der Waals surface area contributed by atoms with Gasteiger partial charge in [-0.3, -0.25) is 9.59 Å². The number of nitrogens with zero attached hydrogens (tertiary/aromatic N) is 1. The van der Waals surface area contributed by atoms with Gasteiger partial charge < -0.3 is 15.2 Å². The maximum Gasteiger partial charge on any atom is 0.244 e. The highest BCUT2D eigenvalue weighted by molar-refractivity contribution is 5.92. The van der Waals surface area contributed by atoms with E-state index in [2.05, 4.69) is 10.3 Å². The minimum absolute atomic E-state index is 0.00657. The molecule has 2 heterocycles. The Hall–Kier alpha value is -3.29. The van der Waals surface area contributed by atoms with Crippen LogP contribution in [0.1, 0.15) is 37.2 Å².